The molecule has 1 aromatic carbocycles. The van der Waals surface area contributed by atoms with Crippen LogP contribution in [0, 0.1) is 0 Å². The van der Waals surface area contributed by atoms with Gasteiger partial charge < -0.3 is 0 Å². The van der Waals surface area contributed by atoms with E-state index < -0.39 is 28.8 Å². The largest absolute Gasteiger partial charge is 0.488 e. The maximum Gasteiger partial charge on any atom is 0.488 e. The van der Waals surface area contributed by atoms with E-state index in [-0.39, 0.29) is 0 Å². The molecule has 106 valence electrons. The zero-order chi connectivity index (χ0) is 14.3. The lowest BCUT2D eigenvalue weighted by Gasteiger charge is -2.31. The lowest BCUT2D eigenvalue weighted by Crippen LogP contribution is -2.60. The average Bonchev–Trinajstić information content (AvgIpc) is 2.75. The Morgan fingerprint density at radius 1 is 0.947 bits per heavy atom. The molecule has 1 saturated heterocycles. The molecule has 1 heterocycles. The molecule has 4 nitrogen and oxygen atoms in total. The van der Waals surface area contributed by atoms with Crippen molar-refractivity contribution < 1.29 is 26.3 Å². The summed E-state index contributed by atoms with van der Waals surface area (Å²) in [5.41, 5.74) is 0.931. The maximum atomic E-state index is 13.1. The standard InChI is InChI=1S/C9H8F6N4/c10-8(11,12)7(6-4-2-1-3-5-6)16-18-19(17-7)9(13,14)15/h1-5,16-18H. The summed E-state index contributed by atoms with van der Waals surface area (Å²) in [5.74, 6) is 0. The second kappa shape index (κ2) is 4.34. The molecule has 1 aromatic rings. The van der Waals surface area contributed by atoms with Crippen LogP contribution in [-0.4, -0.2) is 17.6 Å². The van der Waals surface area contributed by atoms with Gasteiger partial charge in [0.1, 0.15) is 0 Å². The second-order valence-corrected chi connectivity index (χ2v) is 3.77. The molecule has 0 radical (unpaired) electrons. The molecule has 0 saturated carbocycles. The number of hydrogen-bond acceptors (Lipinski definition) is 4. The fraction of sp³-hybridized carbons (Fsp3) is 0.333. The van der Waals surface area contributed by atoms with E-state index in [0.717, 1.165) is 12.1 Å². The molecule has 19 heavy (non-hydrogen) atoms. The van der Waals surface area contributed by atoms with Gasteiger partial charge in [0, 0.05) is 0 Å². The summed E-state index contributed by atoms with van der Waals surface area (Å²) in [7, 11) is 0. The van der Waals surface area contributed by atoms with Crippen LogP contribution in [0.15, 0.2) is 30.3 Å². The van der Waals surface area contributed by atoms with Crippen molar-refractivity contribution in [2.45, 2.75) is 18.1 Å². The van der Waals surface area contributed by atoms with E-state index in [2.05, 4.69) is 0 Å². The zero-order valence-corrected chi connectivity index (χ0v) is 9.10. The molecule has 1 fully saturated rings. The number of rotatable bonds is 1. The van der Waals surface area contributed by atoms with E-state index in [9.17, 15) is 26.3 Å². The number of nitrogens with one attached hydrogen (secondary N) is 3. The van der Waals surface area contributed by atoms with Gasteiger partial charge in [0.05, 0.1) is 0 Å². The molecule has 1 aliphatic heterocycles. The van der Waals surface area contributed by atoms with Crippen LogP contribution in [0.25, 0.3) is 0 Å². The Labute approximate surface area is 103 Å². The van der Waals surface area contributed by atoms with Crippen LogP contribution in [0.2, 0.25) is 0 Å². The van der Waals surface area contributed by atoms with Gasteiger partial charge >= 0.3 is 12.5 Å². The number of halogens is 6. The summed E-state index contributed by atoms with van der Waals surface area (Å²) in [6, 6.07) is 6.17. The zero-order valence-electron chi connectivity index (χ0n) is 9.10. The minimum Gasteiger partial charge on any atom is -0.209 e. The molecule has 10 heteroatoms. The van der Waals surface area contributed by atoms with Gasteiger partial charge in [-0.1, -0.05) is 35.4 Å². The first kappa shape index (κ1) is 14.1. The van der Waals surface area contributed by atoms with Gasteiger partial charge in [0.2, 0.25) is 5.66 Å². The third kappa shape index (κ3) is 2.39. The van der Waals surface area contributed by atoms with Gasteiger partial charge in [-0.2, -0.15) is 37.3 Å². The highest BCUT2D eigenvalue weighted by molar-refractivity contribution is 5.26. The first-order chi connectivity index (χ1) is 8.67. The lowest BCUT2D eigenvalue weighted by atomic mass is 10.0. The Morgan fingerprint density at radius 3 is 1.95 bits per heavy atom. The van der Waals surface area contributed by atoms with Crippen LogP contribution in [0.1, 0.15) is 5.56 Å². The highest BCUT2D eigenvalue weighted by Gasteiger charge is 2.63. The van der Waals surface area contributed by atoms with E-state index in [1.807, 2.05) is 0 Å². The minimum absolute atomic E-state index is 0.401. The smallest absolute Gasteiger partial charge is 0.209 e. The molecule has 0 amide bonds. The molecule has 1 unspecified atom stereocenters. The maximum absolute atomic E-state index is 13.1. The fourth-order valence-corrected chi connectivity index (χ4v) is 1.61. The van der Waals surface area contributed by atoms with Crippen LogP contribution in [0.3, 0.4) is 0 Å². The lowest BCUT2D eigenvalue weighted by molar-refractivity contribution is -0.286. The van der Waals surface area contributed by atoms with E-state index in [4.69, 9.17) is 0 Å². The van der Waals surface area contributed by atoms with Crippen molar-refractivity contribution in [1.82, 2.24) is 21.5 Å². The van der Waals surface area contributed by atoms with Gasteiger partial charge in [-0.3, -0.25) is 0 Å². The normalized spacial score (nSPS) is 25.8. The van der Waals surface area contributed by atoms with Crippen molar-refractivity contribution in [1.29, 1.82) is 0 Å². The molecule has 1 atom stereocenters. The Hall–Kier alpha value is -1.36. The number of benzene rings is 1. The van der Waals surface area contributed by atoms with Crippen molar-refractivity contribution in [3.63, 3.8) is 0 Å². The number of alkyl halides is 6. The average molecular weight is 286 g/mol. The van der Waals surface area contributed by atoms with Gasteiger partial charge in [-0.05, 0) is 5.56 Å². The third-order valence-corrected chi connectivity index (χ3v) is 2.52. The quantitative estimate of drug-likeness (QED) is 0.543. The van der Waals surface area contributed by atoms with Gasteiger partial charge in [0.15, 0.2) is 0 Å². The summed E-state index contributed by atoms with van der Waals surface area (Å²) in [6.07, 6.45) is -10.0. The fourth-order valence-electron chi connectivity index (χ4n) is 1.61. The van der Waals surface area contributed by atoms with Gasteiger partial charge in [-0.15, -0.1) is 0 Å². The van der Waals surface area contributed by atoms with Gasteiger partial charge in [0.25, 0.3) is 0 Å². The highest BCUT2D eigenvalue weighted by Crippen LogP contribution is 2.39. The second-order valence-electron chi connectivity index (χ2n) is 3.77. The number of hydrazine groups is 3. The molecule has 0 aromatic heterocycles. The highest BCUT2D eigenvalue weighted by atomic mass is 19.4. The molecule has 1 aliphatic rings. The van der Waals surface area contributed by atoms with Crippen molar-refractivity contribution >= 4 is 0 Å². The van der Waals surface area contributed by atoms with Crippen molar-refractivity contribution in [2.24, 2.45) is 0 Å². The topological polar surface area (TPSA) is 39.3 Å². The molecule has 0 aliphatic carbocycles. The molecule has 0 bridgehead atoms. The Balaban J connectivity index is 2.41. The number of hydrogen-bond donors (Lipinski definition) is 3. The van der Waals surface area contributed by atoms with Gasteiger partial charge in [-0.25, -0.2) is 5.43 Å². The summed E-state index contributed by atoms with van der Waals surface area (Å²) < 4.78 is 76.5. The molecular formula is C9H8F6N4. The Kier molecular flexibility index (Phi) is 3.21. The Bertz CT molecular complexity index is 444. The van der Waals surface area contributed by atoms with E-state index >= 15 is 0 Å². The monoisotopic (exact) mass is 286 g/mol. The first-order valence-corrected chi connectivity index (χ1v) is 4.97. The first-order valence-electron chi connectivity index (χ1n) is 4.97. The van der Waals surface area contributed by atoms with Crippen molar-refractivity contribution in [3.8, 4) is 0 Å². The summed E-state index contributed by atoms with van der Waals surface area (Å²) in [5, 5.41) is -0.687. The summed E-state index contributed by atoms with van der Waals surface area (Å²) in [4.78, 5) is 0. The summed E-state index contributed by atoms with van der Waals surface area (Å²) in [6.45, 7) is 0. The van der Waals surface area contributed by atoms with Crippen LogP contribution < -0.4 is 16.4 Å². The van der Waals surface area contributed by atoms with Crippen LogP contribution in [0.4, 0.5) is 26.3 Å². The molecule has 2 rings (SSSR count). The van der Waals surface area contributed by atoms with Crippen molar-refractivity contribution in [3.05, 3.63) is 35.9 Å². The van der Waals surface area contributed by atoms with E-state index in [1.54, 1.807) is 5.43 Å². The number of nitrogens with zero attached hydrogens (tertiary/aromatic N) is 1. The predicted octanol–water partition coefficient (Wildman–Crippen LogP) is 1.75. The van der Waals surface area contributed by atoms with Crippen LogP contribution >= 0.6 is 0 Å². The molecule has 3 N–H and O–H groups in total. The van der Waals surface area contributed by atoms with E-state index in [0.29, 0.717) is 0 Å². The SMILES string of the molecule is FC(F)(F)N1NNC(c2ccccc2)(C(F)(F)F)N1. The Morgan fingerprint density at radius 2 is 1.53 bits per heavy atom. The van der Waals surface area contributed by atoms with E-state index in [1.165, 1.54) is 29.2 Å². The molecule has 0 spiro atoms. The predicted molar refractivity (Wildman–Crippen MR) is 51.5 cm³/mol. The summed E-state index contributed by atoms with van der Waals surface area (Å²) >= 11 is 0. The minimum atomic E-state index is -5.02. The van der Waals surface area contributed by atoms with Crippen molar-refractivity contribution in [2.75, 3.05) is 0 Å². The third-order valence-electron chi connectivity index (χ3n) is 2.52. The molecular weight excluding hydrogens is 278 g/mol. The van der Waals surface area contributed by atoms with Crippen LogP contribution in [-0.2, 0) is 5.66 Å². The van der Waals surface area contributed by atoms with Crippen LogP contribution in [0.5, 0.6) is 0 Å².